The lowest BCUT2D eigenvalue weighted by Crippen LogP contribution is -2.30. The number of anilines is 1. The quantitative estimate of drug-likeness (QED) is 0.540. The molecule has 0 unspecified atom stereocenters. The molecule has 9 heteroatoms. The van der Waals surface area contributed by atoms with Gasteiger partial charge in [-0.3, -0.25) is 9.59 Å². The van der Waals surface area contributed by atoms with Crippen LogP contribution in [-0.2, 0) is 9.59 Å². The summed E-state index contributed by atoms with van der Waals surface area (Å²) in [6, 6.07) is 19.8. The van der Waals surface area contributed by atoms with E-state index in [1.807, 2.05) is 42.5 Å². The van der Waals surface area contributed by atoms with E-state index in [1.165, 1.54) is 21.3 Å². The van der Waals surface area contributed by atoms with E-state index < -0.39 is 11.8 Å². The van der Waals surface area contributed by atoms with Crippen LogP contribution in [0.2, 0.25) is 0 Å². The van der Waals surface area contributed by atoms with Gasteiger partial charge in [0.05, 0.1) is 27.0 Å². The number of carbonyl (C=O) groups is 2. The van der Waals surface area contributed by atoms with Crippen LogP contribution in [0.4, 0.5) is 5.69 Å². The SMILES string of the molecule is COc1cc(/C=C2\N=C(c3ccccc3)N(N=C3C(=O)Nc4ccccc43)C2=O)cc(OC)c1OC. The smallest absolute Gasteiger partial charge is 0.298 e. The van der Waals surface area contributed by atoms with Crippen molar-refractivity contribution in [3.63, 3.8) is 0 Å². The predicted molar refractivity (Wildman–Crippen MR) is 136 cm³/mol. The van der Waals surface area contributed by atoms with Crippen molar-refractivity contribution in [1.29, 1.82) is 0 Å². The Morgan fingerprint density at radius 2 is 1.56 bits per heavy atom. The molecule has 2 aliphatic rings. The van der Waals surface area contributed by atoms with Crippen LogP contribution in [0.1, 0.15) is 16.7 Å². The normalized spacial score (nSPS) is 16.8. The Morgan fingerprint density at radius 3 is 2.22 bits per heavy atom. The topological polar surface area (TPSA) is 102 Å². The second-order valence-corrected chi connectivity index (χ2v) is 7.85. The lowest BCUT2D eigenvalue weighted by molar-refractivity contribution is -0.122. The molecule has 1 N–H and O–H groups in total. The number of nitrogens with one attached hydrogen (secondary N) is 1. The molecule has 36 heavy (non-hydrogen) atoms. The molecule has 0 radical (unpaired) electrons. The maximum absolute atomic E-state index is 13.5. The summed E-state index contributed by atoms with van der Waals surface area (Å²) in [7, 11) is 4.55. The Balaban J connectivity index is 1.62. The third kappa shape index (κ3) is 3.96. The first kappa shape index (κ1) is 22.9. The molecule has 180 valence electrons. The van der Waals surface area contributed by atoms with Gasteiger partial charge in [0.1, 0.15) is 5.70 Å². The Hall–Kier alpha value is -4.92. The molecule has 0 bridgehead atoms. The second kappa shape index (κ2) is 9.38. The molecule has 0 saturated heterocycles. The Bertz CT molecular complexity index is 1430. The molecule has 2 heterocycles. The van der Waals surface area contributed by atoms with Gasteiger partial charge in [0.15, 0.2) is 23.0 Å². The van der Waals surface area contributed by atoms with Crippen molar-refractivity contribution in [2.45, 2.75) is 0 Å². The average Bonchev–Trinajstić information content (AvgIpc) is 3.39. The van der Waals surface area contributed by atoms with E-state index in [-0.39, 0.29) is 11.4 Å². The number of rotatable bonds is 6. The van der Waals surface area contributed by atoms with E-state index in [1.54, 1.807) is 30.3 Å². The average molecular weight is 482 g/mol. The molecule has 0 aromatic heterocycles. The van der Waals surface area contributed by atoms with Crippen LogP contribution in [0.25, 0.3) is 6.08 Å². The van der Waals surface area contributed by atoms with Crippen molar-refractivity contribution in [2.24, 2.45) is 10.1 Å². The lowest BCUT2D eigenvalue weighted by Gasteiger charge is -2.13. The fraction of sp³-hybridized carbons (Fsp3) is 0.111. The number of methoxy groups -OCH3 is 3. The van der Waals surface area contributed by atoms with Gasteiger partial charge < -0.3 is 19.5 Å². The summed E-state index contributed by atoms with van der Waals surface area (Å²) in [5.74, 6) is 0.762. The minimum absolute atomic E-state index is 0.136. The number of hydrogen-bond donors (Lipinski definition) is 1. The molecule has 9 nitrogen and oxygen atoms in total. The predicted octanol–water partition coefficient (Wildman–Crippen LogP) is 3.70. The van der Waals surface area contributed by atoms with E-state index in [0.29, 0.717) is 45.5 Å². The molecule has 0 atom stereocenters. The summed E-state index contributed by atoms with van der Waals surface area (Å²) in [5.41, 5.74) is 2.82. The molecule has 0 fully saturated rings. The first-order valence-electron chi connectivity index (χ1n) is 11.0. The Kier molecular flexibility index (Phi) is 5.95. The van der Waals surface area contributed by atoms with E-state index >= 15 is 0 Å². The zero-order chi connectivity index (χ0) is 25.2. The van der Waals surface area contributed by atoms with Gasteiger partial charge in [-0.25, -0.2) is 4.99 Å². The molecule has 5 rings (SSSR count). The molecule has 2 aliphatic heterocycles. The Labute approximate surface area is 207 Å². The lowest BCUT2D eigenvalue weighted by atomic mass is 10.1. The highest BCUT2D eigenvalue weighted by molar-refractivity contribution is 6.54. The van der Waals surface area contributed by atoms with E-state index in [0.717, 1.165) is 5.01 Å². The van der Waals surface area contributed by atoms with Gasteiger partial charge in [-0.15, -0.1) is 0 Å². The monoisotopic (exact) mass is 482 g/mol. The van der Waals surface area contributed by atoms with Crippen LogP contribution in [0.5, 0.6) is 17.2 Å². The Morgan fingerprint density at radius 1 is 0.889 bits per heavy atom. The molecule has 3 aromatic rings. The van der Waals surface area contributed by atoms with Crippen molar-refractivity contribution in [3.8, 4) is 17.2 Å². The molecular weight excluding hydrogens is 460 g/mol. The first-order chi connectivity index (χ1) is 17.5. The van der Waals surface area contributed by atoms with Crippen molar-refractivity contribution in [3.05, 3.63) is 89.1 Å². The third-order valence-corrected chi connectivity index (χ3v) is 5.71. The zero-order valence-corrected chi connectivity index (χ0v) is 19.8. The molecule has 0 saturated carbocycles. The van der Waals surface area contributed by atoms with Crippen LogP contribution < -0.4 is 19.5 Å². The maximum atomic E-state index is 13.5. The van der Waals surface area contributed by atoms with Crippen LogP contribution in [-0.4, -0.2) is 49.7 Å². The van der Waals surface area contributed by atoms with Crippen LogP contribution in [0.15, 0.2) is 82.5 Å². The first-order valence-corrected chi connectivity index (χ1v) is 11.0. The van der Waals surface area contributed by atoms with E-state index in [2.05, 4.69) is 15.4 Å². The number of amides is 2. The largest absolute Gasteiger partial charge is 0.493 e. The minimum Gasteiger partial charge on any atom is -0.493 e. The van der Waals surface area contributed by atoms with E-state index in [4.69, 9.17) is 14.2 Å². The fourth-order valence-electron chi connectivity index (χ4n) is 4.02. The van der Waals surface area contributed by atoms with Crippen molar-refractivity contribution < 1.29 is 23.8 Å². The number of para-hydroxylation sites is 1. The fourth-order valence-corrected chi connectivity index (χ4v) is 4.02. The number of aliphatic imine (C=N–C) groups is 1. The maximum Gasteiger partial charge on any atom is 0.298 e. The highest BCUT2D eigenvalue weighted by Crippen LogP contribution is 2.39. The standard InChI is InChI=1S/C27H22N4O5/c1-34-21-14-16(15-22(35-2)24(21)36-3)13-20-27(33)31(25(28-20)17-9-5-4-6-10-17)30-23-18-11-7-8-12-19(18)29-26(23)32/h4-15H,1-3H3,(H,29,30,32)/b20-13-. The minimum atomic E-state index is -0.479. The highest BCUT2D eigenvalue weighted by Gasteiger charge is 2.35. The second-order valence-electron chi connectivity index (χ2n) is 7.85. The zero-order valence-electron chi connectivity index (χ0n) is 19.8. The number of benzene rings is 3. The summed E-state index contributed by atoms with van der Waals surface area (Å²) in [5, 5.41) is 8.41. The summed E-state index contributed by atoms with van der Waals surface area (Å²) >= 11 is 0. The molecule has 0 spiro atoms. The number of nitrogens with zero attached hydrogens (tertiary/aromatic N) is 3. The molecule has 2 amide bonds. The summed E-state index contributed by atoms with van der Waals surface area (Å²) in [6.45, 7) is 0. The van der Waals surface area contributed by atoms with Crippen molar-refractivity contribution >= 4 is 35.1 Å². The number of hydrogen-bond acceptors (Lipinski definition) is 7. The molecular formula is C27H22N4O5. The summed E-state index contributed by atoms with van der Waals surface area (Å²) < 4.78 is 16.2. The van der Waals surface area contributed by atoms with Gasteiger partial charge in [0, 0.05) is 11.1 Å². The number of ether oxygens (including phenoxy) is 3. The van der Waals surface area contributed by atoms with Gasteiger partial charge in [-0.1, -0.05) is 48.5 Å². The van der Waals surface area contributed by atoms with Gasteiger partial charge in [0.25, 0.3) is 11.8 Å². The van der Waals surface area contributed by atoms with Gasteiger partial charge in [-0.2, -0.15) is 10.1 Å². The number of amidine groups is 1. The van der Waals surface area contributed by atoms with Crippen LogP contribution in [0.3, 0.4) is 0 Å². The third-order valence-electron chi connectivity index (χ3n) is 5.71. The van der Waals surface area contributed by atoms with Crippen molar-refractivity contribution in [2.75, 3.05) is 26.6 Å². The number of carbonyl (C=O) groups excluding carboxylic acids is 2. The molecule has 3 aromatic carbocycles. The van der Waals surface area contributed by atoms with Gasteiger partial charge in [0.2, 0.25) is 5.75 Å². The van der Waals surface area contributed by atoms with Gasteiger partial charge >= 0.3 is 0 Å². The summed E-state index contributed by atoms with van der Waals surface area (Å²) in [4.78, 5) is 30.8. The highest BCUT2D eigenvalue weighted by atomic mass is 16.5. The molecule has 0 aliphatic carbocycles. The van der Waals surface area contributed by atoms with Gasteiger partial charge in [-0.05, 0) is 29.8 Å². The number of fused-ring (bicyclic) bond motifs is 1. The van der Waals surface area contributed by atoms with Crippen LogP contribution in [0, 0.1) is 0 Å². The number of hydrazone groups is 1. The van der Waals surface area contributed by atoms with E-state index in [9.17, 15) is 9.59 Å². The van der Waals surface area contributed by atoms with Crippen molar-refractivity contribution in [1.82, 2.24) is 5.01 Å². The summed E-state index contributed by atoms with van der Waals surface area (Å²) in [6.07, 6.45) is 1.61. The van der Waals surface area contributed by atoms with Crippen LogP contribution >= 0.6 is 0 Å².